The van der Waals surface area contributed by atoms with Crippen LogP contribution in [-0.4, -0.2) is 35.0 Å². The first-order valence-corrected chi connectivity index (χ1v) is 6.01. The molecule has 1 amide bonds. The molecule has 1 unspecified atom stereocenters. The van der Waals surface area contributed by atoms with Gasteiger partial charge in [-0.3, -0.25) is 4.79 Å². The minimum atomic E-state index is 0.117. The van der Waals surface area contributed by atoms with Gasteiger partial charge in [-0.05, 0) is 0 Å². The summed E-state index contributed by atoms with van der Waals surface area (Å²) in [7, 11) is 0. The smallest absolute Gasteiger partial charge is 0.273 e. The molecule has 1 saturated heterocycles. The second-order valence-electron chi connectivity index (χ2n) is 3.52. The van der Waals surface area contributed by atoms with Crippen LogP contribution in [-0.2, 0) is 4.79 Å². The Morgan fingerprint density at radius 2 is 2.67 bits per heavy atom. The zero-order valence-corrected chi connectivity index (χ0v) is 9.50. The molecule has 1 atom stereocenters. The van der Waals surface area contributed by atoms with Crippen LogP contribution >= 0.6 is 11.3 Å². The number of likely N-dealkylation sites (tertiary alicyclic amines) is 1. The second kappa shape index (κ2) is 4.61. The molecule has 1 fully saturated rings. The number of thiazole rings is 1. The van der Waals surface area contributed by atoms with E-state index in [4.69, 9.17) is 4.74 Å². The number of rotatable bonds is 3. The fourth-order valence-corrected chi connectivity index (χ4v) is 2.24. The summed E-state index contributed by atoms with van der Waals surface area (Å²) in [4.78, 5) is 17.3. The molecule has 0 bridgehead atoms. The van der Waals surface area contributed by atoms with E-state index >= 15 is 0 Å². The van der Waals surface area contributed by atoms with E-state index in [0.29, 0.717) is 18.2 Å². The van der Waals surface area contributed by atoms with Crippen molar-refractivity contribution < 1.29 is 9.53 Å². The summed E-state index contributed by atoms with van der Waals surface area (Å²) in [5.74, 6) is 0.209. The Kier molecular flexibility index (Phi) is 3.20. The molecule has 0 aliphatic carbocycles. The van der Waals surface area contributed by atoms with E-state index in [1.165, 1.54) is 11.3 Å². The van der Waals surface area contributed by atoms with Crippen LogP contribution in [0.25, 0.3) is 0 Å². The number of carbonyl (C=O) groups is 1. The maximum absolute atomic E-state index is 11.4. The summed E-state index contributed by atoms with van der Waals surface area (Å²) in [6, 6.07) is 0. The Hall–Kier alpha value is -1.10. The Labute approximate surface area is 92.9 Å². The Bertz CT molecular complexity index is 326. The minimum absolute atomic E-state index is 0.117. The minimum Gasteiger partial charge on any atom is -0.465 e. The van der Waals surface area contributed by atoms with Gasteiger partial charge in [0.05, 0.1) is 6.54 Å². The van der Waals surface area contributed by atoms with Gasteiger partial charge in [0.15, 0.2) is 0 Å². The summed E-state index contributed by atoms with van der Waals surface area (Å²) >= 11 is 1.49. The molecule has 1 aromatic heterocycles. The summed E-state index contributed by atoms with van der Waals surface area (Å²) < 4.78 is 5.65. The lowest BCUT2D eigenvalue weighted by molar-refractivity contribution is -0.130. The number of nitrogens with zero attached hydrogens (tertiary/aromatic N) is 2. The van der Waals surface area contributed by atoms with Crippen molar-refractivity contribution in [1.29, 1.82) is 0 Å². The van der Waals surface area contributed by atoms with Crippen molar-refractivity contribution in [2.75, 3.05) is 13.1 Å². The largest absolute Gasteiger partial charge is 0.465 e. The average molecular weight is 226 g/mol. The molecule has 2 heterocycles. The van der Waals surface area contributed by atoms with Gasteiger partial charge in [-0.15, -0.1) is 0 Å². The lowest BCUT2D eigenvalue weighted by Gasteiger charge is -2.15. The molecule has 5 heteroatoms. The van der Waals surface area contributed by atoms with E-state index < -0.39 is 0 Å². The quantitative estimate of drug-likeness (QED) is 0.785. The number of amides is 1. The number of carbonyl (C=O) groups excluding carboxylic acids is 1. The van der Waals surface area contributed by atoms with E-state index in [1.807, 2.05) is 17.2 Å². The maximum atomic E-state index is 11.4. The zero-order valence-electron chi connectivity index (χ0n) is 8.68. The molecule has 1 aromatic rings. The van der Waals surface area contributed by atoms with Crippen LogP contribution in [0.15, 0.2) is 11.6 Å². The van der Waals surface area contributed by atoms with Crippen molar-refractivity contribution in [3.8, 4) is 5.19 Å². The van der Waals surface area contributed by atoms with Gasteiger partial charge in [0, 0.05) is 31.0 Å². The fraction of sp³-hybridized carbons (Fsp3) is 0.600. The Morgan fingerprint density at radius 3 is 3.33 bits per heavy atom. The Morgan fingerprint density at radius 1 is 1.80 bits per heavy atom. The number of aromatic nitrogens is 1. The van der Waals surface area contributed by atoms with Crippen LogP contribution in [0.1, 0.15) is 19.8 Å². The molecule has 1 aliphatic heterocycles. The van der Waals surface area contributed by atoms with E-state index in [1.54, 1.807) is 6.20 Å². The van der Waals surface area contributed by atoms with Crippen molar-refractivity contribution >= 4 is 17.2 Å². The molecular weight excluding hydrogens is 212 g/mol. The van der Waals surface area contributed by atoms with Gasteiger partial charge in [-0.25, -0.2) is 4.98 Å². The van der Waals surface area contributed by atoms with Crippen LogP contribution in [0.3, 0.4) is 0 Å². The first-order valence-electron chi connectivity index (χ1n) is 5.13. The third kappa shape index (κ3) is 2.47. The van der Waals surface area contributed by atoms with Crippen molar-refractivity contribution in [3.63, 3.8) is 0 Å². The zero-order chi connectivity index (χ0) is 10.7. The molecule has 0 saturated carbocycles. The van der Waals surface area contributed by atoms with Crippen molar-refractivity contribution in [2.24, 2.45) is 0 Å². The van der Waals surface area contributed by atoms with Crippen molar-refractivity contribution in [2.45, 2.75) is 25.9 Å². The van der Waals surface area contributed by atoms with E-state index in [0.717, 1.165) is 13.0 Å². The van der Waals surface area contributed by atoms with Gasteiger partial charge in [0.1, 0.15) is 6.10 Å². The third-order valence-electron chi connectivity index (χ3n) is 2.48. The highest BCUT2D eigenvalue weighted by molar-refractivity contribution is 7.11. The highest BCUT2D eigenvalue weighted by atomic mass is 32.1. The molecule has 0 spiro atoms. The number of hydrogen-bond acceptors (Lipinski definition) is 4. The molecule has 4 nitrogen and oxygen atoms in total. The normalized spacial score (nSPS) is 20.6. The molecule has 2 rings (SSSR count). The first kappa shape index (κ1) is 10.4. The highest BCUT2D eigenvalue weighted by Crippen LogP contribution is 2.20. The van der Waals surface area contributed by atoms with E-state index in [2.05, 4.69) is 4.98 Å². The summed E-state index contributed by atoms with van der Waals surface area (Å²) in [6.45, 7) is 3.40. The van der Waals surface area contributed by atoms with Gasteiger partial charge in [-0.1, -0.05) is 18.3 Å². The number of hydrogen-bond donors (Lipinski definition) is 0. The van der Waals surface area contributed by atoms with Gasteiger partial charge in [-0.2, -0.15) is 0 Å². The molecule has 82 valence electrons. The van der Waals surface area contributed by atoms with Gasteiger partial charge in [0.2, 0.25) is 5.91 Å². The lowest BCUT2D eigenvalue weighted by atomic mass is 10.3. The standard InChI is InChI=1S/C10H14N2O2S/c1-2-9(13)12-5-3-8(7-12)14-10-11-4-6-15-10/h4,6,8H,2-3,5,7H2,1H3. The third-order valence-corrected chi connectivity index (χ3v) is 3.14. The number of ether oxygens (including phenoxy) is 1. The summed E-state index contributed by atoms with van der Waals surface area (Å²) in [5.41, 5.74) is 0. The van der Waals surface area contributed by atoms with Crippen LogP contribution in [0, 0.1) is 0 Å². The SMILES string of the molecule is CCC(=O)N1CCC(Oc2nccs2)C1. The molecule has 15 heavy (non-hydrogen) atoms. The average Bonchev–Trinajstić information content (AvgIpc) is 2.88. The van der Waals surface area contributed by atoms with Gasteiger partial charge >= 0.3 is 0 Å². The predicted molar refractivity (Wildman–Crippen MR) is 58.0 cm³/mol. The van der Waals surface area contributed by atoms with Gasteiger partial charge in [0.25, 0.3) is 5.19 Å². The van der Waals surface area contributed by atoms with Crippen LogP contribution in [0.2, 0.25) is 0 Å². The van der Waals surface area contributed by atoms with Crippen LogP contribution in [0.5, 0.6) is 5.19 Å². The fourth-order valence-electron chi connectivity index (χ4n) is 1.69. The molecule has 1 aliphatic rings. The van der Waals surface area contributed by atoms with Gasteiger partial charge < -0.3 is 9.64 Å². The predicted octanol–water partition coefficient (Wildman–Crippen LogP) is 1.53. The highest BCUT2D eigenvalue weighted by Gasteiger charge is 2.26. The topological polar surface area (TPSA) is 42.4 Å². The van der Waals surface area contributed by atoms with E-state index in [9.17, 15) is 4.79 Å². The molecule has 0 N–H and O–H groups in total. The summed E-state index contributed by atoms with van der Waals surface area (Å²) in [5, 5.41) is 2.59. The Balaban J connectivity index is 1.85. The maximum Gasteiger partial charge on any atom is 0.273 e. The van der Waals surface area contributed by atoms with Crippen molar-refractivity contribution in [3.05, 3.63) is 11.6 Å². The second-order valence-corrected chi connectivity index (χ2v) is 4.38. The monoisotopic (exact) mass is 226 g/mol. The first-order chi connectivity index (χ1) is 7.29. The molecule has 0 radical (unpaired) electrons. The van der Waals surface area contributed by atoms with Crippen LogP contribution < -0.4 is 4.74 Å². The van der Waals surface area contributed by atoms with Crippen LogP contribution in [0.4, 0.5) is 0 Å². The molecular formula is C10H14N2O2S. The van der Waals surface area contributed by atoms with E-state index in [-0.39, 0.29) is 12.0 Å². The lowest BCUT2D eigenvalue weighted by Crippen LogP contribution is -2.30. The molecule has 0 aromatic carbocycles. The van der Waals surface area contributed by atoms with Crippen molar-refractivity contribution in [1.82, 2.24) is 9.88 Å². The summed E-state index contributed by atoms with van der Waals surface area (Å²) in [6.07, 6.45) is 3.32.